The van der Waals surface area contributed by atoms with Gasteiger partial charge in [0.1, 0.15) is 11.9 Å². The monoisotopic (exact) mass is 393 g/mol. The van der Waals surface area contributed by atoms with Crippen molar-refractivity contribution in [2.45, 2.75) is 38.5 Å². The number of hydrogen-bond acceptors (Lipinski definition) is 5. The summed E-state index contributed by atoms with van der Waals surface area (Å²) >= 11 is 0. The fourth-order valence-electron chi connectivity index (χ4n) is 3.74. The molecular formula is C22H23N3O4. The van der Waals surface area contributed by atoms with Gasteiger partial charge >= 0.3 is 0 Å². The van der Waals surface area contributed by atoms with Gasteiger partial charge in [-0.25, -0.2) is 5.01 Å². The van der Waals surface area contributed by atoms with Crippen molar-refractivity contribution in [2.24, 2.45) is 5.10 Å². The minimum absolute atomic E-state index is 0.0504. The van der Waals surface area contributed by atoms with E-state index in [0.29, 0.717) is 18.8 Å². The standard InChI is InChI=1S/C22H23N3O4/c26-19-7-5-15(6-8-19)13-25-21(28)12-18(23-25)11-20(27)22(29)24-10-9-16-3-1-2-4-17(16)14-24/h1-8,20,26-27H,9-14H2. The molecule has 2 N–H and O–H groups in total. The Labute approximate surface area is 168 Å². The molecular weight excluding hydrogens is 370 g/mol. The molecule has 29 heavy (non-hydrogen) atoms. The first-order valence-electron chi connectivity index (χ1n) is 9.68. The number of rotatable bonds is 5. The lowest BCUT2D eigenvalue weighted by Gasteiger charge is -2.30. The highest BCUT2D eigenvalue weighted by Crippen LogP contribution is 2.21. The highest BCUT2D eigenvalue weighted by atomic mass is 16.3. The van der Waals surface area contributed by atoms with Crippen molar-refractivity contribution < 1.29 is 19.8 Å². The summed E-state index contributed by atoms with van der Waals surface area (Å²) in [5.41, 5.74) is 3.69. The van der Waals surface area contributed by atoms with Crippen LogP contribution in [0.5, 0.6) is 5.75 Å². The van der Waals surface area contributed by atoms with Crippen molar-refractivity contribution in [1.82, 2.24) is 9.91 Å². The van der Waals surface area contributed by atoms with Gasteiger partial charge in [-0.3, -0.25) is 9.59 Å². The van der Waals surface area contributed by atoms with E-state index < -0.39 is 6.10 Å². The number of hydrazone groups is 1. The molecule has 0 radical (unpaired) electrons. The summed E-state index contributed by atoms with van der Waals surface area (Å²) in [5, 5.41) is 25.4. The summed E-state index contributed by atoms with van der Waals surface area (Å²) in [6.45, 7) is 1.35. The average molecular weight is 393 g/mol. The molecule has 2 aliphatic rings. The van der Waals surface area contributed by atoms with Gasteiger partial charge in [-0.2, -0.15) is 5.10 Å². The molecule has 0 spiro atoms. The zero-order valence-electron chi connectivity index (χ0n) is 16.0. The quantitative estimate of drug-likeness (QED) is 0.810. The number of amides is 2. The van der Waals surface area contributed by atoms with Crippen LogP contribution >= 0.6 is 0 Å². The Bertz CT molecular complexity index is 955. The molecule has 2 aromatic rings. The van der Waals surface area contributed by atoms with Crippen LogP contribution in [0.2, 0.25) is 0 Å². The van der Waals surface area contributed by atoms with Crippen molar-refractivity contribution in [3.63, 3.8) is 0 Å². The molecule has 0 saturated heterocycles. The predicted molar refractivity (Wildman–Crippen MR) is 107 cm³/mol. The Morgan fingerprint density at radius 1 is 1.10 bits per heavy atom. The Balaban J connectivity index is 1.36. The smallest absolute Gasteiger partial charge is 0.252 e. The van der Waals surface area contributed by atoms with E-state index in [0.717, 1.165) is 17.5 Å². The highest BCUT2D eigenvalue weighted by Gasteiger charge is 2.30. The number of fused-ring (bicyclic) bond motifs is 1. The van der Waals surface area contributed by atoms with Gasteiger partial charge in [-0.1, -0.05) is 36.4 Å². The van der Waals surface area contributed by atoms with Gasteiger partial charge in [-0.15, -0.1) is 0 Å². The summed E-state index contributed by atoms with van der Waals surface area (Å²) < 4.78 is 0. The fraction of sp³-hybridized carbons (Fsp3) is 0.318. The van der Waals surface area contributed by atoms with Crippen LogP contribution in [0.1, 0.15) is 29.5 Å². The van der Waals surface area contributed by atoms with E-state index in [1.807, 2.05) is 18.2 Å². The molecule has 7 nitrogen and oxygen atoms in total. The van der Waals surface area contributed by atoms with Gasteiger partial charge in [0, 0.05) is 19.5 Å². The van der Waals surface area contributed by atoms with Crippen LogP contribution in [0.4, 0.5) is 0 Å². The minimum atomic E-state index is -1.21. The lowest BCUT2D eigenvalue weighted by Crippen LogP contribution is -2.42. The number of phenols is 1. The third-order valence-electron chi connectivity index (χ3n) is 5.33. The summed E-state index contributed by atoms with van der Waals surface area (Å²) in [7, 11) is 0. The van der Waals surface area contributed by atoms with Gasteiger partial charge in [0.05, 0.1) is 18.7 Å². The molecule has 4 rings (SSSR count). The number of aliphatic hydroxyl groups excluding tert-OH is 1. The number of nitrogens with zero attached hydrogens (tertiary/aromatic N) is 3. The van der Waals surface area contributed by atoms with Gasteiger partial charge in [0.2, 0.25) is 5.91 Å². The predicted octanol–water partition coefficient (Wildman–Crippen LogP) is 1.82. The van der Waals surface area contributed by atoms with Crippen LogP contribution in [0, 0.1) is 0 Å². The second-order valence-corrected chi connectivity index (χ2v) is 7.46. The first-order chi connectivity index (χ1) is 14.0. The molecule has 150 valence electrons. The van der Waals surface area contributed by atoms with Gasteiger partial charge in [0.25, 0.3) is 5.91 Å². The van der Waals surface area contributed by atoms with Crippen molar-refractivity contribution in [3.05, 3.63) is 65.2 Å². The van der Waals surface area contributed by atoms with Crippen molar-refractivity contribution in [2.75, 3.05) is 6.54 Å². The molecule has 2 aliphatic heterocycles. The molecule has 1 unspecified atom stereocenters. The topological polar surface area (TPSA) is 93.4 Å². The second kappa shape index (κ2) is 8.05. The van der Waals surface area contributed by atoms with Crippen LogP contribution in [0.15, 0.2) is 53.6 Å². The van der Waals surface area contributed by atoms with E-state index >= 15 is 0 Å². The maximum Gasteiger partial charge on any atom is 0.252 e. The Kier molecular flexibility index (Phi) is 5.31. The molecule has 0 saturated carbocycles. The molecule has 0 fully saturated rings. The molecule has 7 heteroatoms. The number of benzene rings is 2. The average Bonchev–Trinajstić information content (AvgIpc) is 3.07. The van der Waals surface area contributed by atoms with Crippen molar-refractivity contribution >= 4 is 17.5 Å². The van der Waals surface area contributed by atoms with E-state index in [1.165, 1.54) is 10.6 Å². The van der Waals surface area contributed by atoms with Crippen molar-refractivity contribution in [1.29, 1.82) is 0 Å². The molecule has 0 aliphatic carbocycles. The Hall–Kier alpha value is -3.19. The molecule has 0 aromatic heterocycles. The Morgan fingerprint density at radius 3 is 2.59 bits per heavy atom. The van der Waals surface area contributed by atoms with Crippen LogP contribution in [0.3, 0.4) is 0 Å². The first-order valence-corrected chi connectivity index (χ1v) is 9.68. The van der Waals surface area contributed by atoms with Gasteiger partial charge < -0.3 is 15.1 Å². The van der Waals surface area contributed by atoms with E-state index in [9.17, 15) is 19.8 Å². The van der Waals surface area contributed by atoms with Crippen LogP contribution < -0.4 is 0 Å². The lowest BCUT2D eigenvalue weighted by atomic mass is 9.99. The van der Waals surface area contributed by atoms with Crippen LogP contribution in [-0.2, 0) is 29.1 Å². The number of aliphatic hydroxyl groups is 1. The first kappa shape index (κ1) is 19.1. The number of carbonyl (C=O) groups excluding carboxylic acids is 2. The van der Waals surface area contributed by atoms with E-state index in [2.05, 4.69) is 11.2 Å². The number of carbonyl (C=O) groups is 2. The van der Waals surface area contributed by atoms with Gasteiger partial charge in [-0.05, 0) is 35.2 Å². The second-order valence-electron chi connectivity index (χ2n) is 7.46. The fourth-order valence-corrected chi connectivity index (χ4v) is 3.74. The number of phenolic OH excluding ortho intramolecular Hbond substituents is 1. The number of hydrogen-bond donors (Lipinski definition) is 2. The maximum atomic E-state index is 12.7. The molecule has 2 heterocycles. The molecule has 1 atom stereocenters. The van der Waals surface area contributed by atoms with E-state index in [4.69, 9.17) is 0 Å². The third kappa shape index (κ3) is 4.30. The summed E-state index contributed by atoms with van der Waals surface area (Å²) in [6, 6.07) is 14.6. The summed E-state index contributed by atoms with van der Waals surface area (Å²) in [6.07, 6.45) is -0.283. The largest absolute Gasteiger partial charge is 0.508 e. The van der Waals surface area contributed by atoms with Crippen LogP contribution in [-0.4, -0.2) is 50.3 Å². The molecule has 2 aromatic carbocycles. The zero-order chi connectivity index (χ0) is 20.4. The zero-order valence-corrected chi connectivity index (χ0v) is 16.0. The number of aromatic hydroxyl groups is 1. The van der Waals surface area contributed by atoms with E-state index in [1.54, 1.807) is 29.2 Å². The maximum absolute atomic E-state index is 12.7. The summed E-state index contributed by atoms with van der Waals surface area (Å²) in [5.74, 6) is -0.334. The molecule has 2 amide bonds. The Morgan fingerprint density at radius 2 is 1.83 bits per heavy atom. The summed E-state index contributed by atoms with van der Waals surface area (Å²) in [4.78, 5) is 26.6. The normalized spacial score (nSPS) is 17.1. The van der Waals surface area contributed by atoms with Gasteiger partial charge in [0.15, 0.2) is 0 Å². The third-order valence-corrected chi connectivity index (χ3v) is 5.33. The lowest BCUT2D eigenvalue weighted by molar-refractivity contribution is -0.140. The molecule has 0 bridgehead atoms. The van der Waals surface area contributed by atoms with E-state index in [-0.39, 0.29) is 37.0 Å². The van der Waals surface area contributed by atoms with Crippen LogP contribution in [0.25, 0.3) is 0 Å². The SMILES string of the molecule is O=C(C(O)CC1=NN(Cc2ccc(O)cc2)C(=O)C1)N1CCc2ccccc2C1. The van der Waals surface area contributed by atoms with Crippen molar-refractivity contribution in [3.8, 4) is 5.75 Å². The minimum Gasteiger partial charge on any atom is -0.508 e. The highest BCUT2D eigenvalue weighted by molar-refractivity contribution is 6.06.